The van der Waals surface area contributed by atoms with Crippen molar-refractivity contribution < 1.29 is 22.6 Å². The van der Waals surface area contributed by atoms with Gasteiger partial charge in [0, 0.05) is 62.9 Å². The number of unbranched alkanes of at least 4 members (excludes halogenated alkanes) is 3. The van der Waals surface area contributed by atoms with Crippen molar-refractivity contribution in [1.29, 1.82) is 0 Å². The minimum absolute atomic E-state index is 0.214. The van der Waals surface area contributed by atoms with Crippen LogP contribution in [0.3, 0.4) is 0 Å². The van der Waals surface area contributed by atoms with Gasteiger partial charge in [-0.2, -0.15) is 29.3 Å². The number of hydrogen-bond donors (Lipinski definition) is 0. The average Bonchev–Trinajstić information content (AvgIpc) is 4.32. The fourth-order valence-electron chi connectivity index (χ4n) is 8.37. The Balaban J connectivity index is 0.850. The van der Waals surface area contributed by atoms with Crippen LogP contribution in [-0.4, -0.2) is 60.1 Å². The molecule has 12 aromatic rings. The van der Waals surface area contributed by atoms with E-state index in [1.165, 1.54) is 18.0 Å². The molecule has 0 N–H and O–H groups in total. The molecule has 0 radical (unpaired) electrons. The SMILES string of the molecule is CCCCCCc1noc(-c2cccc(-c3noc(-c4cc(-c5nc(-c6cccc(-c7noc(Cc8ccccc8)n7)c6)no5)cc(-c5nc(-c6cccc(-c7nc(Cc8ccccc8)ns7)c6)no5)c4)n3)c2)n1. The van der Waals surface area contributed by atoms with Crippen molar-refractivity contribution in [3.05, 3.63) is 180 Å². The first-order chi connectivity index (χ1) is 36.5. The van der Waals surface area contributed by atoms with Gasteiger partial charge in [-0.05, 0) is 71.5 Å². The third kappa shape index (κ3) is 10.2. The maximum atomic E-state index is 5.97. The van der Waals surface area contributed by atoms with Crippen molar-refractivity contribution in [2.45, 2.75) is 51.9 Å². The van der Waals surface area contributed by atoms with E-state index >= 15 is 0 Å². The number of benzene rings is 6. The molecule has 0 unspecified atom stereocenters. The topological polar surface area (TPSA) is 220 Å². The Bertz CT molecular complexity index is 3660. The summed E-state index contributed by atoms with van der Waals surface area (Å²) in [4.78, 5) is 28.7. The van der Waals surface area contributed by atoms with Gasteiger partial charge in [-0.15, -0.1) is 0 Å². The summed E-state index contributed by atoms with van der Waals surface area (Å²) >= 11 is 1.35. The van der Waals surface area contributed by atoms with Crippen molar-refractivity contribution in [3.8, 4) is 102 Å². The first-order valence-corrected chi connectivity index (χ1v) is 24.9. The molecule has 17 nitrogen and oxygen atoms in total. The maximum absolute atomic E-state index is 5.97. The summed E-state index contributed by atoms with van der Waals surface area (Å²) in [5.74, 6) is 4.54. The van der Waals surface area contributed by atoms with Gasteiger partial charge >= 0.3 is 0 Å². The van der Waals surface area contributed by atoms with Crippen molar-refractivity contribution >= 4 is 11.5 Å². The van der Waals surface area contributed by atoms with Crippen LogP contribution in [0, 0.1) is 0 Å². The quantitative estimate of drug-likeness (QED) is 0.0729. The molecule has 0 aliphatic carbocycles. The second kappa shape index (κ2) is 20.7. The molecule has 0 atom stereocenters. The minimum atomic E-state index is 0.214. The van der Waals surface area contributed by atoms with Gasteiger partial charge in [-0.3, -0.25) is 0 Å². The molecule has 6 aromatic heterocycles. The van der Waals surface area contributed by atoms with Gasteiger partial charge < -0.3 is 22.6 Å². The number of aryl methyl sites for hydroxylation is 1. The van der Waals surface area contributed by atoms with Crippen LogP contribution in [-0.2, 0) is 19.3 Å². The van der Waals surface area contributed by atoms with E-state index in [-0.39, 0.29) is 17.7 Å². The van der Waals surface area contributed by atoms with Crippen molar-refractivity contribution in [3.63, 3.8) is 0 Å². The van der Waals surface area contributed by atoms with Gasteiger partial charge in [0.15, 0.2) is 5.82 Å². The largest absolute Gasteiger partial charge is 0.339 e. The van der Waals surface area contributed by atoms with E-state index < -0.39 is 0 Å². The van der Waals surface area contributed by atoms with Gasteiger partial charge in [0.2, 0.25) is 29.2 Å². The summed E-state index contributed by atoms with van der Waals surface area (Å²) in [5, 5.41) is 22.4. The van der Waals surface area contributed by atoms with Crippen LogP contribution in [0.5, 0.6) is 0 Å². The predicted octanol–water partition coefficient (Wildman–Crippen LogP) is 12.8. The second-order valence-corrected chi connectivity index (χ2v) is 18.2. The molecule has 12 rings (SSSR count). The smallest absolute Gasteiger partial charge is 0.258 e. The average molecular weight is 995 g/mol. The molecule has 0 spiro atoms. The minimum Gasteiger partial charge on any atom is -0.339 e. The van der Waals surface area contributed by atoms with E-state index in [1.807, 2.05) is 140 Å². The molecule has 18 heteroatoms. The molecular formula is C56H42N12O5S. The molecule has 0 saturated heterocycles. The number of nitrogens with zero attached hydrogens (tertiary/aromatic N) is 12. The molecule has 0 fully saturated rings. The first kappa shape index (κ1) is 45.7. The highest BCUT2D eigenvalue weighted by molar-refractivity contribution is 7.09. The molecule has 0 aliphatic heterocycles. The Hall–Kier alpha value is -9.42. The Labute approximate surface area is 426 Å². The molecule has 6 heterocycles. The fourth-order valence-corrected chi connectivity index (χ4v) is 9.05. The zero-order valence-corrected chi connectivity index (χ0v) is 40.5. The molecule has 0 bridgehead atoms. The van der Waals surface area contributed by atoms with Crippen LogP contribution in [0.25, 0.3) is 102 Å². The summed E-state index contributed by atoms with van der Waals surface area (Å²) in [6.45, 7) is 2.19. The highest BCUT2D eigenvalue weighted by atomic mass is 32.1. The van der Waals surface area contributed by atoms with Crippen LogP contribution in [0.15, 0.2) is 174 Å². The van der Waals surface area contributed by atoms with Crippen LogP contribution in [0.1, 0.15) is 61.3 Å². The van der Waals surface area contributed by atoms with Gasteiger partial charge in [0.1, 0.15) is 10.8 Å². The van der Waals surface area contributed by atoms with E-state index in [0.29, 0.717) is 81.6 Å². The lowest BCUT2D eigenvalue weighted by Gasteiger charge is -2.03. The molecular weight excluding hydrogens is 953 g/mol. The van der Waals surface area contributed by atoms with Crippen molar-refractivity contribution in [1.82, 2.24) is 60.1 Å². The molecule has 362 valence electrons. The van der Waals surface area contributed by atoms with E-state index in [0.717, 1.165) is 69.9 Å². The van der Waals surface area contributed by atoms with Crippen molar-refractivity contribution in [2.75, 3.05) is 0 Å². The van der Waals surface area contributed by atoms with E-state index in [2.05, 4.69) is 59.2 Å². The second-order valence-electron chi connectivity index (χ2n) is 17.5. The summed E-state index contributed by atoms with van der Waals surface area (Å²) in [5.41, 5.74) is 8.27. The lowest BCUT2D eigenvalue weighted by molar-refractivity contribution is 0.385. The Morgan fingerprint density at radius 3 is 1.41 bits per heavy atom. The van der Waals surface area contributed by atoms with Gasteiger partial charge in [0.25, 0.3) is 23.6 Å². The van der Waals surface area contributed by atoms with E-state index in [1.54, 1.807) is 0 Å². The number of rotatable bonds is 18. The molecule has 0 aliphatic rings. The van der Waals surface area contributed by atoms with E-state index in [4.69, 9.17) is 42.6 Å². The zero-order chi connectivity index (χ0) is 49.6. The lowest BCUT2D eigenvalue weighted by atomic mass is 10.0. The standard InChI is InChI=1S/C56H42N12O5S/c1-2-3-4-11-25-45-57-52(70-63-45)40-23-13-21-38(29-40)50-61-54(72-66-50)43-31-42(53-60-49(65-71-53)37-20-12-19-36(28-37)48-59-47(69-64-48)27-35-17-9-6-10-18-35)32-44(33-43)55-62-51(67-73-55)39-22-14-24-41(30-39)56-58-46(68-74-56)26-34-15-7-5-8-16-34/h5-10,12-24,28-33H,2-4,11,25-27H2,1H3. The predicted molar refractivity (Wildman–Crippen MR) is 274 cm³/mol. The van der Waals surface area contributed by atoms with Crippen LogP contribution >= 0.6 is 11.5 Å². The number of aromatic nitrogens is 12. The molecule has 6 aromatic carbocycles. The summed E-state index contributed by atoms with van der Waals surface area (Å²) < 4.78 is 33.8. The Kier molecular flexibility index (Phi) is 12.8. The highest BCUT2D eigenvalue weighted by Gasteiger charge is 2.22. The normalized spacial score (nSPS) is 11.4. The van der Waals surface area contributed by atoms with Crippen LogP contribution in [0.4, 0.5) is 0 Å². The van der Waals surface area contributed by atoms with Crippen LogP contribution in [0.2, 0.25) is 0 Å². The zero-order valence-electron chi connectivity index (χ0n) is 39.7. The summed E-state index contributed by atoms with van der Waals surface area (Å²) in [6.07, 6.45) is 6.38. The highest BCUT2D eigenvalue weighted by Crippen LogP contribution is 2.36. The third-order valence-electron chi connectivity index (χ3n) is 12.1. The first-order valence-electron chi connectivity index (χ1n) is 24.1. The molecule has 0 saturated carbocycles. The van der Waals surface area contributed by atoms with Gasteiger partial charge in [-0.25, -0.2) is 4.98 Å². The summed E-state index contributed by atoms with van der Waals surface area (Å²) in [7, 11) is 0. The third-order valence-corrected chi connectivity index (χ3v) is 12.9. The fraction of sp³-hybridized carbons (Fsp3) is 0.143. The molecule has 74 heavy (non-hydrogen) atoms. The maximum Gasteiger partial charge on any atom is 0.258 e. The Morgan fingerprint density at radius 2 is 0.824 bits per heavy atom. The van der Waals surface area contributed by atoms with Crippen molar-refractivity contribution in [2.24, 2.45) is 0 Å². The van der Waals surface area contributed by atoms with Gasteiger partial charge in [0.05, 0.1) is 6.42 Å². The van der Waals surface area contributed by atoms with Crippen LogP contribution < -0.4 is 0 Å². The molecule has 0 amide bonds. The van der Waals surface area contributed by atoms with Gasteiger partial charge in [-0.1, -0.05) is 161 Å². The Morgan fingerprint density at radius 1 is 0.365 bits per heavy atom. The summed E-state index contributed by atoms with van der Waals surface area (Å²) in [6, 6.07) is 48.6. The monoisotopic (exact) mass is 994 g/mol. The number of hydrogen-bond acceptors (Lipinski definition) is 18. The van der Waals surface area contributed by atoms with E-state index in [9.17, 15) is 0 Å². The lowest BCUT2D eigenvalue weighted by Crippen LogP contribution is -1.90.